The van der Waals surface area contributed by atoms with Crippen LogP contribution in [0.1, 0.15) is 31.4 Å². The van der Waals surface area contributed by atoms with Gasteiger partial charge in [0, 0.05) is 19.0 Å². The third-order valence-corrected chi connectivity index (χ3v) is 7.62. The van der Waals surface area contributed by atoms with Crippen molar-refractivity contribution in [2.75, 3.05) is 24.2 Å². The minimum atomic E-state index is -3.79. The van der Waals surface area contributed by atoms with Crippen LogP contribution in [0.4, 0.5) is 5.69 Å². The summed E-state index contributed by atoms with van der Waals surface area (Å²) >= 11 is 0. The van der Waals surface area contributed by atoms with Crippen molar-refractivity contribution in [1.29, 1.82) is 0 Å². The molecule has 3 rings (SSSR count). The lowest BCUT2D eigenvalue weighted by Crippen LogP contribution is -2.54. The van der Waals surface area contributed by atoms with Crippen LogP contribution in [0.25, 0.3) is 0 Å². The Morgan fingerprint density at radius 1 is 0.923 bits per heavy atom. The fourth-order valence-electron chi connectivity index (χ4n) is 4.17. The number of para-hydroxylation sites is 1. The van der Waals surface area contributed by atoms with E-state index in [0.717, 1.165) is 28.1 Å². The minimum absolute atomic E-state index is 0.0911. The molecule has 0 saturated carbocycles. The summed E-state index contributed by atoms with van der Waals surface area (Å²) in [6, 6.07) is 24.2. The number of benzene rings is 3. The monoisotopic (exact) mass is 551 g/mol. The first-order valence-corrected chi connectivity index (χ1v) is 14.8. The van der Waals surface area contributed by atoms with Gasteiger partial charge in [0.1, 0.15) is 18.3 Å². The van der Waals surface area contributed by atoms with Gasteiger partial charge in [-0.1, -0.05) is 67.6 Å². The molecule has 8 nitrogen and oxygen atoms in total. The molecule has 2 unspecified atom stereocenters. The van der Waals surface area contributed by atoms with Gasteiger partial charge in [-0.3, -0.25) is 13.9 Å². The van der Waals surface area contributed by atoms with Crippen molar-refractivity contribution in [2.24, 2.45) is 0 Å². The van der Waals surface area contributed by atoms with Crippen LogP contribution in [0.15, 0.2) is 84.9 Å². The molecule has 0 spiro atoms. The Bertz CT molecular complexity index is 1330. The van der Waals surface area contributed by atoms with E-state index in [2.05, 4.69) is 5.32 Å². The Balaban J connectivity index is 2.06. The maximum Gasteiger partial charge on any atom is 0.244 e. The highest BCUT2D eigenvalue weighted by Crippen LogP contribution is 2.21. The first kappa shape index (κ1) is 29.7. The van der Waals surface area contributed by atoms with E-state index in [1.165, 1.54) is 4.90 Å². The summed E-state index contributed by atoms with van der Waals surface area (Å²) in [5.41, 5.74) is 2.01. The molecule has 0 bridgehead atoms. The maximum atomic E-state index is 14.0. The summed E-state index contributed by atoms with van der Waals surface area (Å²) < 4.78 is 32.0. The topological polar surface area (TPSA) is 96.0 Å². The Morgan fingerprint density at radius 3 is 2.13 bits per heavy atom. The lowest BCUT2D eigenvalue weighted by atomic mass is 10.0. The fraction of sp³-hybridized carbons (Fsp3) is 0.333. The van der Waals surface area contributed by atoms with Crippen LogP contribution in [-0.2, 0) is 32.6 Å². The summed E-state index contributed by atoms with van der Waals surface area (Å²) in [5, 5.41) is 3.02. The van der Waals surface area contributed by atoms with Crippen LogP contribution >= 0.6 is 0 Å². The van der Waals surface area contributed by atoms with Crippen LogP contribution in [0.3, 0.4) is 0 Å². The maximum absolute atomic E-state index is 14.0. The van der Waals surface area contributed by atoms with E-state index < -0.39 is 28.5 Å². The summed E-state index contributed by atoms with van der Waals surface area (Å²) in [4.78, 5) is 29.2. The zero-order valence-corrected chi connectivity index (χ0v) is 23.7. The average Bonchev–Trinajstić information content (AvgIpc) is 2.93. The zero-order valence-electron chi connectivity index (χ0n) is 22.9. The number of ether oxygens (including phenoxy) is 1. The second kappa shape index (κ2) is 13.8. The lowest BCUT2D eigenvalue weighted by molar-refractivity contribution is -0.140. The molecular weight excluding hydrogens is 514 g/mol. The molecule has 0 heterocycles. The number of anilines is 1. The second-order valence-corrected chi connectivity index (χ2v) is 11.4. The molecule has 0 saturated heterocycles. The van der Waals surface area contributed by atoms with E-state index in [4.69, 9.17) is 4.74 Å². The molecule has 0 radical (unpaired) electrons. The molecule has 3 aromatic carbocycles. The molecule has 0 aliphatic carbocycles. The van der Waals surface area contributed by atoms with E-state index >= 15 is 0 Å². The van der Waals surface area contributed by atoms with Gasteiger partial charge in [0.15, 0.2) is 0 Å². The Hall–Kier alpha value is -3.85. The van der Waals surface area contributed by atoms with Crippen LogP contribution in [-0.4, -0.2) is 57.1 Å². The van der Waals surface area contributed by atoms with Crippen molar-refractivity contribution >= 4 is 27.5 Å². The number of carbonyl (C=O) groups excluding carboxylic acids is 2. The number of nitrogens with one attached hydrogen (secondary N) is 1. The molecule has 0 fully saturated rings. The largest absolute Gasteiger partial charge is 0.497 e. The Labute approximate surface area is 231 Å². The van der Waals surface area contributed by atoms with E-state index in [0.29, 0.717) is 11.4 Å². The molecule has 3 aromatic rings. The van der Waals surface area contributed by atoms with Crippen LogP contribution in [0, 0.1) is 0 Å². The van der Waals surface area contributed by atoms with Crippen molar-refractivity contribution in [3.05, 3.63) is 96.1 Å². The van der Waals surface area contributed by atoms with Crippen LogP contribution in [0.2, 0.25) is 0 Å². The zero-order chi connectivity index (χ0) is 28.4. The number of nitrogens with zero attached hydrogens (tertiary/aromatic N) is 2. The Morgan fingerprint density at radius 2 is 1.54 bits per heavy atom. The standard InChI is InChI=1S/C30H37N3O5S/c1-5-23(2)31-30(35)28(20-24-13-8-6-9-14-24)32(21-25-15-12-18-27(19-25)38-3)29(34)22-33(39(4,36)37)26-16-10-7-11-17-26/h6-19,23,28H,5,20-22H2,1-4H3,(H,31,35). The van der Waals surface area contributed by atoms with Crippen molar-refractivity contribution < 1.29 is 22.7 Å². The van der Waals surface area contributed by atoms with Crippen molar-refractivity contribution in [3.8, 4) is 5.75 Å². The number of sulfonamides is 1. The summed E-state index contributed by atoms with van der Waals surface area (Å²) in [7, 11) is -2.23. The molecule has 9 heteroatoms. The highest BCUT2D eigenvalue weighted by Gasteiger charge is 2.33. The number of amides is 2. The number of rotatable bonds is 13. The van der Waals surface area contributed by atoms with Gasteiger partial charge in [0.25, 0.3) is 0 Å². The van der Waals surface area contributed by atoms with Gasteiger partial charge >= 0.3 is 0 Å². The van der Waals surface area contributed by atoms with Gasteiger partial charge in [-0.05, 0) is 48.7 Å². The Kier molecular flexibility index (Phi) is 10.5. The van der Waals surface area contributed by atoms with Gasteiger partial charge in [0.05, 0.1) is 19.1 Å². The van der Waals surface area contributed by atoms with Gasteiger partial charge < -0.3 is 15.0 Å². The van der Waals surface area contributed by atoms with Gasteiger partial charge in [-0.2, -0.15) is 0 Å². The quantitative estimate of drug-likeness (QED) is 0.346. The predicted octanol–water partition coefficient (Wildman–Crippen LogP) is 4.02. The van der Waals surface area contributed by atoms with Gasteiger partial charge in [-0.25, -0.2) is 8.42 Å². The normalized spacial score (nSPS) is 12.7. The third kappa shape index (κ3) is 8.58. The molecule has 0 aromatic heterocycles. The highest BCUT2D eigenvalue weighted by atomic mass is 32.2. The molecule has 39 heavy (non-hydrogen) atoms. The number of hydrogen-bond acceptors (Lipinski definition) is 5. The fourth-order valence-corrected chi connectivity index (χ4v) is 5.02. The second-order valence-electron chi connectivity index (χ2n) is 9.50. The van der Waals surface area contributed by atoms with Gasteiger partial charge in [0.2, 0.25) is 21.8 Å². The molecule has 0 aliphatic heterocycles. The predicted molar refractivity (Wildman–Crippen MR) is 154 cm³/mol. The molecule has 0 aliphatic rings. The van der Waals surface area contributed by atoms with E-state index in [-0.39, 0.29) is 24.9 Å². The van der Waals surface area contributed by atoms with Gasteiger partial charge in [-0.15, -0.1) is 0 Å². The minimum Gasteiger partial charge on any atom is -0.497 e. The van der Waals surface area contributed by atoms with Crippen molar-refractivity contribution in [3.63, 3.8) is 0 Å². The van der Waals surface area contributed by atoms with E-state index in [9.17, 15) is 18.0 Å². The van der Waals surface area contributed by atoms with E-state index in [1.54, 1.807) is 49.6 Å². The molecule has 2 atom stereocenters. The van der Waals surface area contributed by atoms with Crippen LogP contribution < -0.4 is 14.4 Å². The molecule has 2 amide bonds. The number of carbonyl (C=O) groups is 2. The molecule has 1 N–H and O–H groups in total. The third-order valence-electron chi connectivity index (χ3n) is 6.48. The smallest absolute Gasteiger partial charge is 0.244 e. The average molecular weight is 552 g/mol. The number of methoxy groups -OCH3 is 1. The van der Waals surface area contributed by atoms with Crippen LogP contribution in [0.5, 0.6) is 5.75 Å². The first-order chi connectivity index (χ1) is 18.6. The number of hydrogen-bond donors (Lipinski definition) is 1. The first-order valence-electron chi connectivity index (χ1n) is 12.9. The van der Waals surface area contributed by atoms with Crippen molar-refractivity contribution in [1.82, 2.24) is 10.2 Å². The highest BCUT2D eigenvalue weighted by molar-refractivity contribution is 7.92. The SMILES string of the molecule is CCC(C)NC(=O)C(Cc1ccccc1)N(Cc1cccc(OC)c1)C(=O)CN(c1ccccc1)S(C)(=O)=O. The van der Waals surface area contributed by atoms with E-state index in [1.807, 2.05) is 56.3 Å². The summed E-state index contributed by atoms with van der Waals surface area (Å²) in [5.74, 6) is -0.173. The molecule has 208 valence electrons. The summed E-state index contributed by atoms with van der Waals surface area (Å²) in [6.07, 6.45) is 2.06. The lowest BCUT2D eigenvalue weighted by Gasteiger charge is -2.34. The summed E-state index contributed by atoms with van der Waals surface area (Å²) in [6.45, 7) is 3.52. The van der Waals surface area contributed by atoms with Crippen molar-refractivity contribution in [2.45, 2.75) is 45.3 Å². The molecular formula is C30H37N3O5S.